The number of halogens is 1. The predicted molar refractivity (Wildman–Crippen MR) is 81.4 cm³/mol. The molecule has 23 heavy (non-hydrogen) atoms. The zero-order chi connectivity index (χ0) is 16.4. The maximum atomic E-state index is 13.4. The molecule has 3 rings (SSSR count). The fourth-order valence-corrected chi connectivity index (χ4v) is 2.66. The highest BCUT2D eigenvalue weighted by Gasteiger charge is 2.29. The van der Waals surface area contributed by atoms with Crippen molar-refractivity contribution in [3.05, 3.63) is 47.0 Å². The summed E-state index contributed by atoms with van der Waals surface area (Å²) >= 11 is 0. The molecule has 2 aromatic rings. The SMILES string of the molecule is CCn1nc(C)c(C(=O)N2CCOC(c3cccc(F)c3)C2)n1. The molecule has 122 valence electrons. The van der Waals surface area contributed by atoms with E-state index in [2.05, 4.69) is 10.2 Å². The lowest BCUT2D eigenvalue weighted by molar-refractivity contribution is -0.0231. The topological polar surface area (TPSA) is 60.2 Å². The van der Waals surface area contributed by atoms with Gasteiger partial charge in [-0.2, -0.15) is 9.90 Å². The van der Waals surface area contributed by atoms with Crippen LogP contribution < -0.4 is 0 Å². The van der Waals surface area contributed by atoms with E-state index in [1.54, 1.807) is 24.0 Å². The summed E-state index contributed by atoms with van der Waals surface area (Å²) in [6.45, 7) is 5.58. The molecule has 1 unspecified atom stereocenters. The van der Waals surface area contributed by atoms with Crippen LogP contribution in [-0.4, -0.2) is 45.5 Å². The van der Waals surface area contributed by atoms with Crippen LogP contribution in [0.1, 0.15) is 34.8 Å². The first-order chi connectivity index (χ1) is 11.1. The molecule has 7 heteroatoms. The molecule has 2 heterocycles. The number of rotatable bonds is 3. The van der Waals surface area contributed by atoms with Crippen LogP contribution in [0.5, 0.6) is 0 Å². The van der Waals surface area contributed by atoms with Gasteiger partial charge in [-0.1, -0.05) is 12.1 Å². The van der Waals surface area contributed by atoms with Crippen molar-refractivity contribution in [1.82, 2.24) is 19.9 Å². The summed E-state index contributed by atoms with van der Waals surface area (Å²) < 4.78 is 19.1. The van der Waals surface area contributed by atoms with Gasteiger partial charge in [0.2, 0.25) is 0 Å². The Bertz CT molecular complexity index is 716. The Balaban J connectivity index is 1.77. The minimum atomic E-state index is -0.329. The zero-order valence-electron chi connectivity index (χ0n) is 13.2. The van der Waals surface area contributed by atoms with Crippen LogP contribution in [0.2, 0.25) is 0 Å². The minimum Gasteiger partial charge on any atom is -0.370 e. The number of benzene rings is 1. The Kier molecular flexibility index (Phi) is 4.38. The van der Waals surface area contributed by atoms with Crippen molar-refractivity contribution in [3.63, 3.8) is 0 Å². The molecule has 1 saturated heterocycles. The number of amides is 1. The number of carbonyl (C=O) groups excluding carboxylic acids is 1. The highest BCUT2D eigenvalue weighted by molar-refractivity contribution is 5.93. The highest BCUT2D eigenvalue weighted by atomic mass is 19.1. The van der Waals surface area contributed by atoms with E-state index in [9.17, 15) is 9.18 Å². The van der Waals surface area contributed by atoms with Gasteiger partial charge in [-0.05, 0) is 31.5 Å². The molecule has 1 aliphatic heterocycles. The molecule has 1 atom stereocenters. The Morgan fingerprint density at radius 3 is 2.96 bits per heavy atom. The number of hydrogen-bond donors (Lipinski definition) is 0. The summed E-state index contributed by atoms with van der Waals surface area (Å²) in [5, 5.41) is 8.44. The number of carbonyl (C=O) groups is 1. The van der Waals surface area contributed by atoms with Crippen LogP contribution in [-0.2, 0) is 11.3 Å². The van der Waals surface area contributed by atoms with Gasteiger partial charge >= 0.3 is 0 Å². The summed E-state index contributed by atoms with van der Waals surface area (Å²) in [5.74, 6) is -0.469. The van der Waals surface area contributed by atoms with Crippen molar-refractivity contribution in [1.29, 1.82) is 0 Å². The average Bonchev–Trinajstić information content (AvgIpc) is 2.95. The second kappa shape index (κ2) is 6.45. The molecule has 1 aromatic carbocycles. The molecule has 1 amide bonds. The van der Waals surface area contributed by atoms with Gasteiger partial charge in [-0.3, -0.25) is 4.79 Å². The van der Waals surface area contributed by atoms with Gasteiger partial charge in [0.25, 0.3) is 5.91 Å². The minimum absolute atomic E-state index is 0.160. The molecule has 0 saturated carbocycles. The van der Waals surface area contributed by atoms with Gasteiger partial charge in [-0.25, -0.2) is 4.39 Å². The van der Waals surface area contributed by atoms with E-state index < -0.39 is 0 Å². The van der Waals surface area contributed by atoms with E-state index in [4.69, 9.17) is 4.74 Å². The smallest absolute Gasteiger partial charge is 0.276 e. The Labute approximate surface area is 133 Å². The van der Waals surface area contributed by atoms with E-state index >= 15 is 0 Å². The van der Waals surface area contributed by atoms with Gasteiger partial charge in [0.1, 0.15) is 11.9 Å². The van der Waals surface area contributed by atoms with E-state index in [0.29, 0.717) is 37.6 Å². The van der Waals surface area contributed by atoms with Crippen LogP contribution in [0, 0.1) is 12.7 Å². The fraction of sp³-hybridized carbons (Fsp3) is 0.438. The van der Waals surface area contributed by atoms with Crippen molar-refractivity contribution >= 4 is 5.91 Å². The molecule has 0 aliphatic carbocycles. The number of morpholine rings is 1. The van der Waals surface area contributed by atoms with Crippen molar-refractivity contribution < 1.29 is 13.9 Å². The number of aryl methyl sites for hydroxylation is 2. The van der Waals surface area contributed by atoms with Gasteiger partial charge in [-0.15, -0.1) is 5.10 Å². The Hall–Kier alpha value is -2.28. The summed E-state index contributed by atoms with van der Waals surface area (Å²) in [6, 6.07) is 6.28. The maximum Gasteiger partial charge on any atom is 0.276 e. The zero-order valence-corrected chi connectivity index (χ0v) is 13.2. The van der Waals surface area contributed by atoms with E-state index in [-0.39, 0.29) is 17.8 Å². The fourth-order valence-electron chi connectivity index (χ4n) is 2.66. The Morgan fingerprint density at radius 2 is 2.26 bits per heavy atom. The second-order valence-electron chi connectivity index (χ2n) is 5.49. The molecule has 0 radical (unpaired) electrons. The van der Waals surface area contributed by atoms with Gasteiger partial charge in [0.05, 0.1) is 25.4 Å². The van der Waals surface area contributed by atoms with Crippen LogP contribution in [0.4, 0.5) is 4.39 Å². The number of aromatic nitrogens is 3. The van der Waals surface area contributed by atoms with Crippen molar-refractivity contribution in [2.75, 3.05) is 19.7 Å². The molecule has 0 bridgehead atoms. The number of hydrogen-bond acceptors (Lipinski definition) is 4. The second-order valence-corrected chi connectivity index (χ2v) is 5.49. The van der Waals surface area contributed by atoms with E-state index in [1.165, 1.54) is 16.9 Å². The van der Waals surface area contributed by atoms with Crippen LogP contribution in [0.3, 0.4) is 0 Å². The molecular formula is C16H19FN4O2. The van der Waals surface area contributed by atoms with Crippen molar-refractivity contribution in [3.8, 4) is 0 Å². The summed E-state index contributed by atoms with van der Waals surface area (Å²) in [4.78, 5) is 15.9. The monoisotopic (exact) mass is 318 g/mol. The van der Waals surface area contributed by atoms with Crippen molar-refractivity contribution in [2.24, 2.45) is 0 Å². The number of nitrogens with zero attached hydrogens (tertiary/aromatic N) is 4. The van der Waals surface area contributed by atoms with E-state index in [1.807, 2.05) is 6.92 Å². The quantitative estimate of drug-likeness (QED) is 0.868. The lowest BCUT2D eigenvalue weighted by Crippen LogP contribution is -2.42. The third-order valence-electron chi connectivity index (χ3n) is 3.88. The maximum absolute atomic E-state index is 13.4. The lowest BCUT2D eigenvalue weighted by atomic mass is 10.1. The third-order valence-corrected chi connectivity index (χ3v) is 3.88. The first kappa shape index (κ1) is 15.6. The van der Waals surface area contributed by atoms with Gasteiger partial charge in [0.15, 0.2) is 5.69 Å². The molecule has 1 aromatic heterocycles. The molecule has 0 spiro atoms. The standard InChI is InChI=1S/C16H19FN4O2/c1-3-21-18-11(2)15(19-21)16(22)20-7-8-23-14(10-20)12-5-4-6-13(17)9-12/h4-6,9,14H,3,7-8,10H2,1-2H3. The molecule has 1 aliphatic rings. The third kappa shape index (κ3) is 3.24. The summed E-state index contributed by atoms with van der Waals surface area (Å²) in [5.41, 5.74) is 1.72. The normalized spacial score (nSPS) is 18.2. The Morgan fingerprint density at radius 1 is 1.43 bits per heavy atom. The first-order valence-electron chi connectivity index (χ1n) is 7.66. The largest absolute Gasteiger partial charge is 0.370 e. The summed E-state index contributed by atoms with van der Waals surface area (Å²) in [6.07, 6.45) is -0.329. The predicted octanol–water partition coefficient (Wildman–Crippen LogP) is 1.96. The van der Waals surface area contributed by atoms with Crippen LogP contribution in [0.25, 0.3) is 0 Å². The molecule has 0 N–H and O–H groups in total. The van der Waals surface area contributed by atoms with Crippen molar-refractivity contribution in [2.45, 2.75) is 26.5 Å². The molecule has 6 nitrogen and oxygen atoms in total. The molecular weight excluding hydrogens is 299 g/mol. The number of ether oxygens (including phenoxy) is 1. The highest BCUT2D eigenvalue weighted by Crippen LogP contribution is 2.24. The van der Waals surface area contributed by atoms with Gasteiger partial charge in [0, 0.05) is 6.54 Å². The lowest BCUT2D eigenvalue weighted by Gasteiger charge is -2.32. The van der Waals surface area contributed by atoms with Crippen LogP contribution in [0.15, 0.2) is 24.3 Å². The summed E-state index contributed by atoms with van der Waals surface area (Å²) in [7, 11) is 0. The first-order valence-corrected chi connectivity index (χ1v) is 7.66. The van der Waals surface area contributed by atoms with Gasteiger partial charge < -0.3 is 9.64 Å². The molecule has 1 fully saturated rings. The van der Waals surface area contributed by atoms with Crippen LogP contribution >= 0.6 is 0 Å². The van der Waals surface area contributed by atoms with E-state index in [0.717, 1.165) is 5.56 Å². The average molecular weight is 318 g/mol.